The van der Waals surface area contributed by atoms with Crippen LogP contribution in [-0.2, 0) is 29.2 Å². The van der Waals surface area contributed by atoms with E-state index in [2.05, 4.69) is 35.5 Å². The molecule has 0 saturated heterocycles. The topological polar surface area (TPSA) is 107 Å². The number of rotatable bonds is 12. The van der Waals surface area contributed by atoms with Crippen molar-refractivity contribution in [2.75, 3.05) is 0 Å². The highest BCUT2D eigenvalue weighted by Gasteiger charge is 2.16. The standard InChI is InChI=1S/C36H32FN3O5/c37-28-14-16-29(17-15-28)40-34(11-4-5-12-35(41)42)38-33-20-27(13-18-31(33)36(40)43)32-21-30(45-39-32)23-44-22-24-7-6-10-26(19-24)25-8-2-1-3-9-25/h2,6-10,13-21H,1,3-5,11-12,22-23H2,(H,41,42). The minimum Gasteiger partial charge on any atom is -0.481 e. The summed E-state index contributed by atoms with van der Waals surface area (Å²) in [6.07, 6.45) is 10.1. The molecule has 45 heavy (non-hydrogen) atoms. The average molecular weight is 606 g/mol. The van der Waals surface area contributed by atoms with Crippen molar-refractivity contribution < 1.29 is 23.6 Å². The summed E-state index contributed by atoms with van der Waals surface area (Å²) in [5.41, 5.74) is 5.46. The maximum Gasteiger partial charge on any atom is 0.303 e. The second kappa shape index (κ2) is 13.7. The molecule has 2 aromatic heterocycles. The van der Waals surface area contributed by atoms with Crippen molar-refractivity contribution in [1.82, 2.24) is 14.7 Å². The molecule has 2 heterocycles. The predicted octanol–water partition coefficient (Wildman–Crippen LogP) is 7.43. The lowest BCUT2D eigenvalue weighted by atomic mass is 9.98. The van der Waals surface area contributed by atoms with Crippen LogP contribution in [0.3, 0.4) is 0 Å². The van der Waals surface area contributed by atoms with Crippen LogP contribution in [0, 0.1) is 5.82 Å². The number of hydrogen-bond donors (Lipinski definition) is 1. The second-order valence-electron chi connectivity index (χ2n) is 11.0. The quantitative estimate of drug-likeness (QED) is 0.147. The second-order valence-corrected chi connectivity index (χ2v) is 11.0. The molecule has 8 nitrogen and oxygen atoms in total. The lowest BCUT2D eigenvalue weighted by molar-refractivity contribution is -0.137. The molecule has 1 aliphatic carbocycles. The maximum absolute atomic E-state index is 13.7. The van der Waals surface area contributed by atoms with Gasteiger partial charge in [-0.15, -0.1) is 0 Å². The fourth-order valence-corrected chi connectivity index (χ4v) is 5.43. The number of carboxylic acids is 1. The van der Waals surface area contributed by atoms with E-state index in [0.29, 0.717) is 59.7 Å². The molecule has 0 amide bonds. The van der Waals surface area contributed by atoms with Crippen LogP contribution >= 0.6 is 0 Å². The molecule has 1 aliphatic rings. The Morgan fingerprint density at radius 1 is 0.978 bits per heavy atom. The highest BCUT2D eigenvalue weighted by Crippen LogP contribution is 2.25. The molecule has 0 atom stereocenters. The summed E-state index contributed by atoms with van der Waals surface area (Å²) >= 11 is 0. The van der Waals surface area contributed by atoms with Crippen molar-refractivity contribution in [3.8, 4) is 16.9 Å². The summed E-state index contributed by atoms with van der Waals surface area (Å²) in [6, 6.07) is 21.0. The Morgan fingerprint density at radius 3 is 2.64 bits per heavy atom. The van der Waals surface area contributed by atoms with Crippen molar-refractivity contribution >= 4 is 22.4 Å². The Labute approximate surface area is 259 Å². The van der Waals surface area contributed by atoms with Gasteiger partial charge in [0, 0.05) is 24.5 Å². The predicted molar refractivity (Wildman–Crippen MR) is 169 cm³/mol. The van der Waals surface area contributed by atoms with Gasteiger partial charge < -0.3 is 14.4 Å². The number of nitrogens with zero attached hydrogens (tertiary/aromatic N) is 3. The Balaban J connectivity index is 1.20. The van der Waals surface area contributed by atoms with Crippen LogP contribution in [-0.4, -0.2) is 25.8 Å². The summed E-state index contributed by atoms with van der Waals surface area (Å²) in [5.74, 6) is -0.252. The minimum absolute atomic E-state index is 0.0268. The molecule has 0 aliphatic heterocycles. The number of aliphatic carboxylic acids is 1. The smallest absolute Gasteiger partial charge is 0.303 e. The monoisotopic (exact) mass is 605 g/mol. The number of hydrogen-bond acceptors (Lipinski definition) is 6. The molecule has 5 aromatic rings. The highest BCUT2D eigenvalue weighted by molar-refractivity contribution is 5.83. The van der Waals surface area contributed by atoms with E-state index in [0.717, 1.165) is 24.0 Å². The molecule has 0 spiro atoms. The fourth-order valence-electron chi connectivity index (χ4n) is 5.43. The Bertz CT molecular complexity index is 1960. The molecular weight excluding hydrogens is 573 g/mol. The van der Waals surface area contributed by atoms with Gasteiger partial charge in [0.1, 0.15) is 23.9 Å². The first-order valence-corrected chi connectivity index (χ1v) is 15.0. The molecule has 9 heteroatoms. The first kappa shape index (κ1) is 29.9. The van der Waals surface area contributed by atoms with E-state index >= 15 is 0 Å². The zero-order chi connectivity index (χ0) is 31.2. The van der Waals surface area contributed by atoms with Gasteiger partial charge in [-0.1, -0.05) is 47.7 Å². The molecule has 0 fully saturated rings. The van der Waals surface area contributed by atoms with E-state index in [-0.39, 0.29) is 18.6 Å². The number of fused-ring (bicyclic) bond motifs is 1. The first-order chi connectivity index (χ1) is 21.9. The van der Waals surface area contributed by atoms with Crippen LogP contribution in [0.1, 0.15) is 54.8 Å². The largest absolute Gasteiger partial charge is 0.481 e. The highest BCUT2D eigenvalue weighted by atomic mass is 19.1. The van der Waals surface area contributed by atoms with Crippen LogP contribution in [0.2, 0.25) is 0 Å². The zero-order valence-corrected chi connectivity index (χ0v) is 24.6. The van der Waals surface area contributed by atoms with Crippen molar-refractivity contribution in [3.63, 3.8) is 0 Å². The lowest BCUT2D eigenvalue weighted by Crippen LogP contribution is -2.24. The van der Waals surface area contributed by atoms with Gasteiger partial charge in [0.2, 0.25) is 0 Å². The van der Waals surface area contributed by atoms with Crippen LogP contribution < -0.4 is 5.56 Å². The maximum atomic E-state index is 13.7. The molecular formula is C36H32FN3O5. The molecule has 1 N–H and O–H groups in total. The lowest BCUT2D eigenvalue weighted by Gasteiger charge is -2.14. The van der Waals surface area contributed by atoms with Gasteiger partial charge in [-0.2, -0.15) is 0 Å². The number of aryl methyl sites for hydroxylation is 1. The molecule has 0 bridgehead atoms. The summed E-state index contributed by atoms with van der Waals surface area (Å²) in [7, 11) is 0. The molecule has 0 radical (unpaired) electrons. The van der Waals surface area contributed by atoms with E-state index in [9.17, 15) is 14.0 Å². The third kappa shape index (κ3) is 7.16. The molecule has 6 rings (SSSR count). The number of allylic oxidation sites excluding steroid dienone is 4. The van der Waals surface area contributed by atoms with Gasteiger partial charge in [0.25, 0.3) is 5.56 Å². The van der Waals surface area contributed by atoms with Gasteiger partial charge in [-0.05, 0) is 84.8 Å². The molecule has 228 valence electrons. The summed E-state index contributed by atoms with van der Waals surface area (Å²) < 4.78 is 26.6. The summed E-state index contributed by atoms with van der Waals surface area (Å²) in [6.45, 7) is 0.671. The van der Waals surface area contributed by atoms with Crippen LogP contribution in [0.5, 0.6) is 0 Å². The van der Waals surface area contributed by atoms with Crippen LogP contribution in [0.15, 0.2) is 100 Å². The van der Waals surface area contributed by atoms with Crippen molar-refractivity contribution in [1.29, 1.82) is 0 Å². The number of unbranched alkanes of at least 4 members (excludes halogenated alkanes) is 1. The zero-order valence-electron chi connectivity index (χ0n) is 24.6. The fraction of sp³-hybridized carbons (Fsp3) is 0.222. The van der Waals surface area contributed by atoms with Crippen molar-refractivity contribution in [2.45, 2.75) is 51.7 Å². The molecule has 3 aromatic carbocycles. The number of ether oxygens (including phenoxy) is 1. The number of carboxylic acid groups (broad SMARTS) is 1. The number of benzene rings is 3. The van der Waals surface area contributed by atoms with Gasteiger partial charge in [-0.3, -0.25) is 14.2 Å². The van der Waals surface area contributed by atoms with E-state index in [1.165, 1.54) is 40.0 Å². The number of aromatic nitrogens is 3. The number of carbonyl (C=O) groups is 1. The minimum atomic E-state index is -0.876. The van der Waals surface area contributed by atoms with E-state index in [1.54, 1.807) is 18.2 Å². The van der Waals surface area contributed by atoms with E-state index in [4.69, 9.17) is 19.4 Å². The molecule has 0 unspecified atom stereocenters. The van der Waals surface area contributed by atoms with Crippen LogP contribution in [0.25, 0.3) is 33.4 Å². The average Bonchev–Trinajstić information content (AvgIpc) is 3.53. The number of halogens is 1. The Hall–Kier alpha value is -5.15. The van der Waals surface area contributed by atoms with E-state index < -0.39 is 11.8 Å². The van der Waals surface area contributed by atoms with Gasteiger partial charge in [-0.25, -0.2) is 9.37 Å². The van der Waals surface area contributed by atoms with Gasteiger partial charge >= 0.3 is 5.97 Å². The summed E-state index contributed by atoms with van der Waals surface area (Å²) in [4.78, 5) is 29.4. The van der Waals surface area contributed by atoms with Crippen LogP contribution in [0.4, 0.5) is 4.39 Å². The Kier molecular flexibility index (Phi) is 9.07. The Morgan fingerprint density at radius 2 is 1.84 bits per heavy atom. The third-order valence-corrected chi connectivity index (χ3v) is 7.69. The van der Waals surface area contributed by atoms with Gasteiger partial charge in [0.05, 0.1) is 23.2 Å². The molecule has 0 saturated carbocycles. The summed E-state index contributed by atoms with van der Waals surface area (Å²) in [5, 5.41) is 13.6. The third-order valence-electron chi connectivity index (χ3n) is 7.69. The van der Waals surface area contributed by atoms with Crippen molar-refractivity contribution in [3.05, 3.63) is 130 Å². The first-order valence-electron chi connectivity index (χ1n) is 15.0. The van der Waals surface area contributed by atoms with Gasteiger partial charge in [0.15, 0.2) is 5.76 Å². The van der Waals surface area contributed by atoms with Crippen molar-refractivity contribution in [2.24, 2.45) is 0 Å². The normalized spacial score (nSPS) is 12.9. The van der Waals surface area contributed by atoms with E-state index in [1.807, 2.05) is 18.2 Å². The SMILES string of the molecule is O=C(O)CCCCc1nc2cc(-c3cc(COCc4cccc(C5=CCCC=C5)c4)on3)ccc2c(=O)n1-c1ccc(F)cc1.